The second kappa shape index (κ2) is 6.73. The Labute approximate surface area is 138 Å². The molecule has 0 amide bonds. The molecule has 0 bridgehead atoms. The highest BCUT2D eigenvalue weighted by atomic mass is 16.5. The number of hydrogen-bond acceptors (Lipinski definition) is 3. The third-order valence-electron chi connectivity index (χ3n) is 4.98. The predicted octanol–water partition coefficient (Wildman–Crippen LogP) is 2.81. The van der Waals surface area contributed by atoms with Crippen molar-refractivity contribution in [1.29, 1.82) is 0 Å². The van der Waals surface area contributed by atoms with Crippen LogP contribution in [0.3, 0.4) is 0 Å². The van der Waals surface area contributed by atoms with Crippen molar-refractivity contribution in [3.05, 3.63) is 65.2 Å². The minimum absolute atomic E-state index is 0.489. The van der Waals surface area contributed by atoms with E-state index in [2.05, 4.69) is 58.7 Å². The molecule has 2 aromatic rings. The monoisotopic (exact) mass is 308 g/mol. The van der Waals surface area contributed by atoms with Crippen molar-refractivity contribution in [2.75, 3.05) is 32.8 Å². The van der Waals surface area contributed by atoms with Crippen LogP contribution in [0, 0.1) is 0 Å². The molecule has 1 unspecified atom stereocenters. The number of nitrogens with one attached hydrogen (secondary N) is 1. The molecule has 1 saturated heterocycles. The van der Waals surface area contributed by atoms with Gasteiger partial charge in [0.25, 0.3) is 0 Å². The Morgan fingerprint density at radius 2 is 2.04 bits per heavy atom. The smallest absolute Gasteiger partial charge is 0.122 e. The van der Waals surface area contributed by atoms with E-state index in [-0.39, 0.29) is 0 Å². The molecule has 3 nitrogen and oxygen atoms in total. The molecule has 2 aromatic carbocycles. The quantitative estimate of drug-likeness (QED) is 0.940. The lowest BCUT2D eigenvalue weighted by molar-refractivity contribution is 0.164. The molecule has 2 heterocycles. The Bertz CT molecular complexity index is 656. The van der Waals surface area contributed by atoms with Crippen LogP contribution in [-0.2, 0) is 12.8 Å². The largest absolute Gasteiger partial charge is 0.493 e. The first kappa shape index (κ1) is 14.7. The van der Waals surface area contributed by atoms with Gasteiger partial charge in [-0.2, -0.15) is 0 Å². The normalized spacial score (nSPS) is 21.0. The first-order valence-electron chi connectivity index (χ1n) is 8.64. The standard InChI is InChI=1S/C20H24N2O/c1-2-4-17(5-3-1)19-15-21-10-12-22(19)11-8-16-6-7-20-18(14-16)9-13-23-20/h1-7,14,19,21H,8-13,15H2. The fourth-order valence-corrected chi connectivity index (χ4v) is 3.69. The molecule has 1 fully saturated rings. The van der Waals surface area contributed by atoms with E-state index in [0.717, 1.165) is 51.4 Å². The number of nitrogens with zero attached hydrogens (tertiary/aromatic N) is 1. The molecule has 2 aliphatic heterocycles. The van der Waals surface area contributed by atoms with Gasteiger partial charge in [-0.1, -0.05) is 42.5 Å². The molecular weight excluding hydrogens is 284 g/mol. The number of fused-ring (bicyclic) bond motifs is 1. The average molecular weight is 308 g/mol. The highest BCUT2D eigenvalue weighted by Crippen LogP contribution is 2.27. The van der Waals surface area contributed by atoms with Gasteiger partial charge in [-0.25, -0.2) is 0 Å². The fourth-order valence-electron chi connectivity index (χ4n) is 3.69. The van der Waals surface area contributed by atoms with E-state index in [0.29, 0.717) is 6.04 Å². The maximum atomic E-state index is 5.60. The number of benzene rings is 2. The van der Waals surface area contributed by atoms with Crippen LogP contribution in [0.4, 0.5) is 0 Å². The minimum Gasteiger partial charge on any atom is -0.493 e. The van der Waals surface area contributed by atoms with E-state index in [4.69, 9.17) is 4.74 Å². The third kappa shape index (κ3) is 3.26. The number of rotatable bonds is 4. The molecule has 4 rings (SSSR count). The molecule has 2 aliphatic rings. The third-order valence-corrected chi connectivity index (χ3v) is 4.98. The molecule has 120 valence electrons. The summed E-state index contributed by atoms with van der Waals surface area (Å²) in [4.78, 5) is 2.62. The molecule has 0 saturated carbocycles. The summed E-state index contributed by atoms with van der Waals surface area (Å²) in [6, 6.07) is 18.1. The van der Waals surface area contributed by atoms with E-state index in [9.17, 15) is 0 Å². The first-order chi connectivity index (χ1) is 11.4. The maximum absolute atomic E-state index is 5.60. The second-order valence-electron chi connectivity index (χ2n) is 6.46. The summed E-state index contributed by atoms with van der Waals surface area (Å²) in [5.41, 5.74) is 4.23. The zero-order valence-electron chi connectivity index (χ0n) is 13.5. The van der Waals surface area contributed by atoms with Crippen molar-refractivity contribution in [1.82, 2.24) is 10.2 Å². The van der Waals surface area contributed by atoms with Crippen molar-refractivity contribution in [3.63, 3.8) is 0 Å². The number of ether oxygens (including phenoxy) is 1. The minimum atomic E-state index is 0.489. The molecule has 0 spiro atoms. The van der Waals surface area contributed by atoms with Crippen LogP contribution in [0.15, 0.2) is 48.5 Å². The Kier molecular flexibility index (Phi) is 4.31. The maximum Gasteiger partial charge on any atom is 0.122 e. The summed E-state index contributed by atoms with van der Waals surface area (Å²) >= 11 is 0. The van der Waals surface area contributed by atoms with Crippen LogP contribution in [-0.4, -0.2) is 37.7 Å². The molecular formula is C20H24N2O. The van der Waals surface area contributed by atoms with Crippen LogP contribution < -0.4 is 10.1 Å². The predicted molar refractivity (Wildman–Crippen MR) is 93.0 cm³/mol. The zero-order valence-corrected chi connectivity index (χ0v) is 13.5. The summed E-state index contributed by atoms with van der Waals surface area (Å²) in [5.74, 6) is 1.08. The molecule has 3 heteroatoms. The molecule has 0 aliphatic carbocycles. The summed E-state index contributed by atoms with van der Waals surface area (Å²) in [6.07, 6.45) is 2.17. The van der Waals surface area contributed by atoms with E-state index in [1.54, 1.807) is 0 Å². The summed E-state index contributed by atoms with van der Waals surface area (Å²) in [5, 5.41) is 3.54. The van der Waals surface area contributed by atoms with Crippen LogP contribution in [0.1, 0.15) is 22.7 Å². The van der Waals surface area contributed by atoms with Crippen molar-refractivity contribution in [2.45, 2.75) is 18.9 Å². The van der Waals surface area contributed by atoms with Crippen molar-refractivity contribution in [2.24, 2.45) is 0 Å². The SMILES string of the molecule is c1ccc(C2CNCCN2CCc2ccc3c(c2)CCO3)cc1. The van der Waals surface area contributed by atoms with Gasteiger partial charge in [0.05, 0.1) is 6.61 Å². The Balaban J connectivity index is 1.44. The van der Waals surface area contributed by atoms with E-state index in [1.807, 2.05) is 0 Å². The Hall–Kier alpha value is -1.84. The zero-order chi connectivity index (χ0) is 15.5. The van der Waals surface area contributed by atoms with Gasteiger partial charge in [-0.05, 0) is 29.2 Å². The van der Waals surface area contributed by atoms with Crippen LogP contribution in [0.2, 0.25) is 0 Å². The second-order valence-corrected chi connectivity index (χ2v) is 6.46. The highest BCUT2D eigenvalue weighted by molar-refractivity contribution is 5.39. The van der Waals surface area contributed by atoms with Crippen molar-refractivity contribution in [3.8, 4) is 5.75 Å². The summed E-state index contributed by atoms with van der Waals surface area (Å²) < 4.78 is 5.60. The van der Waals surface area contributed by atoms with Crippen molar-refractivity contribution < 1.29 is 4.74 Å². The number of hydrogen-bond donors (Lipinski definition) is 1. The van der Waals surface area contributed by atoms with Crippen molar-refractivity contribution >= 4 is 0 Å². The Morgan fingerprint density at radius 1 is 1.13 bits per heavy atom. The Morgan fingerprint density at radius 3 is 2.96 bits per heavy atom. The van der Waals surface area contributed by atoms with Gasteiger partial charge in [0.1, 0.15) is 5.75 Å². The van der Waals surface area contributed by atoms with Crippen LogP contribution in [0.25, 0.3) is 0 Å². The van der Waals surface area contributed by atoms with E-state index in [1.165, 1.54) is 16.7 Å². The van der Waals surface area contributed by atoms with Gasteiger partial charge in [0.15, 0.2) is 0 Å². The lowest BCUT2D eigenvalue weighted by Gasteiger charge is -2.36. The molecule has 0 radical (unpaired) electrons. The van der Waals surface area contributed by atoms with Gasteiger partial charge < -0.3 is 10.1 Å². The van der Waals surface area contributed by atoms with E-state index >= 15 is 0 Å². The van der Waals surface area contributed by atoms with Crippen LogP contribution in [0.5, 0.6) is 5.75 Å². The topological polar surface area (TPSA) is 24.5 Å². The first-order valence-corrected chi connectivity index (χ1v) is 8.64. The van der Waals surface area contributed by atoms with Gasteiger partial charge in [-0.15, -0.1) is 0 Å². The van der Waals surface area contributed by atoms with Gasteiger partial charge >= 0.3 is 0 Å². The van der Waals surface area contributed by atoms with Gasteiger partial charge in [0, 0.05) is 38.6 Å². The molecule has 0 aromatic heterocycles. The average Bonchev–Trinajstić information content (AvgIpc) is 3.09. The lowest BCUT2D eigenvalue weighted by Crippen LogP contribution is -2.46. The highest BCUT2D eigenvalue weighted by Gasteiger charge is 2.23. The fraction of sp³-hybridized carbons (Fsp3) is 0.400. The van der Waals surface area contributed by atoms with Gasteiger partial charge in [-0.3, -0.25) is 4.90 Å². The molecule has 1 atom stereocenters. The molecule has 23 heavy (non-hydrogen) atoms. The molecule has 1 N–H and O–H groups in total. The summed E-state index contributed by atoms with van der Waals surface area (Å²) in [6.45, 7) is 5.20. The lowest BCUT2D eigenvalue weighted by atomic mass is 10.0. The van der Waals surface area contributed by atoms with Gasteiger partial charge in [0.2, 0.25) is 0 Å². The van der Waals surface area contributed by atoms with Crippen LogP contribution >= 0.6 is 0 Å². The van der Waals surface area contributed by atoms with E-state index < -0.39 is 0 Å². The summed E-state index contributed by atoms with van der Waals surface area (Å²) in [7, 11) is 0. The number of piperazine rings is 1.